The summed E-state index contributed by atoms with van der Waals surface area (Å²) >= 11 is 5.89. The van der Waals surface area contributed by atoms with E-state index < -0.39 is 18.3 Å². The van der Waals surface area contributed by atoms with E-state index in [4.69, 9.17) is 21.1 Å². The Morgan fingerprint density at radius 1 is 1.33 bits per heavy atom. The quantitative estimate of drug-likeness (QED) is 0.541. The highest BCUT2D eigenvalue weighted by Gasteiger charge is 2.15. The molecule has 0 unspecified atom stereocenters. The summed E-state index contributed by atoms with van der Waals surface area (Å²) in [5, 5.41) is 3.58. The Bertz CT molecular complexity index is 834. The maximum Gasteiger partial charge on any atom is 0.387 e. The smallest absolute Gasteiger partial charge is 0.387 e. The van der Waals surface area contributed by atoms with E-state index in [1.807, 2.05) is 0 Å². The number of nitrogens with one attached hydrogen (secondary N) is 1. The number of methoxy groups -OCH3 is 1. The lowest BCUT2D eigenvalue weighted by atomic mass is 10.2. The van der Waals surface area contributed by atoms with Crippen LogP contribution >= 0.6 is 11.6 Å². The molecule has 6 nitrogen and oxygen atoms in total. The number of benzene rings is 2. The molecule has 0 saturated heterocycles. The van der Waals surface area contributed by atoms with E-state index in [0.717, 1.165) is 6.07 Å². The van der Waals surface area contributed by atoms with E-state index in [1.54, 1.807) is 0 Å². The fourth-order valence-electron chi connectivity index (χ4n) is 1.93. The lowest BCUT2D eigenvalue weighted by molar-refractivity contribution is -0.123. The second-order valence-electron chi connectivity index (χ2n) is 4.95. The Hall–Kier alpha value is -2.94. The molecule has 2 aromatic rings. The van der Waals surface area contributed by atoms with Gasteiger partial charge in [0.1, 0.15) is 11.6 Å². The van der Waals surface area contributed by atoms with Gasteiger partial charge in [-0.1, -0.05) is 17.7 Å². The van der Waals surface area contributed by atoms with Crippen LogP contribution in [0.25, 0.3) is 0 Å². The molecule has 0 fully saturated rings. The molecule has 0 heterocycles. The summed E-state index contributed by atoms with van der Waals surface area (Å²) in [7, 11) is 1.26. The van der Waals surface area contributed by atoms with Gasteiger partial charge in [-0.15, -0.1) is 0 Å². The fraction of sp³-hybridized carbons (Fsp3) is 0.176. The zero-order chi connectivity index (χ0) is 19.8. The summed E-state index contributed by atoms with van der Waals surface area (Å²) in [6, 6.07) is 7.97. The highest BCUT2D eigenvalue weighted by molar-refractivity contribution is 6.32. The van der Waals surface area contributed by atoms with Crippen molar-refractivity contribution < 1.29 is 32.2 Å². The van der Waals surface area contributed by atoms with Crippen LogP contribution in [0, 0.1) is 5.82 Å². The molecular formula is C17H14ClF3N2O4. The Labute approximate surface area is 157 Å². The van der Waals surface area contributed by atoms with Crippen LogP contribution in [0.3, 0.4) is 0 Å². The molecule has 0 atom stereocenters. The van der Waals surface area contributed by atoms with E-state index in [9.17, 15) is 18.0 Å². The number of amides is 1. The van der Waals surface area contributed by atoms with Gasteiger partial charge in [-0.25, -0.2) is 9.82 Å². The summed E-state index contributed by atoms with van der Waals surface area (Å²) in [5.41, 5.74) is 2.56. The molecular weight excluding hydrogens is 389 g/mol. The van der Waals surface area contributed by atoms with Crippen LogP contribution in [0.4, 0.5) is 13.2 Å². The number of alkyl halides is 2. The SMILES string of the molecule is COc1cc(/C=N\NC(=O)COc2cccc(F)c2)cc(Cl)c1OC(F)F. The zero-order valence-corrected chi connectivity index (χ0v) is 14.7. The van der Waals surface area contributed by atoms with Crippen molar-refractivity contribution in [2.24, 2.45) is 5.10 Å². The van der Waals surface area contributed by atoms with E-state index in [-0.39, 0.29) is 28.9 Å². The first kappa shape index (κ1) is 20.4. The van der Waals surface area contributed by atoms with Gasteiger partial charge in [0.05, 0.1) is 18.3 Å². The lowest BCUT2D eigenvalue weighted by Gasteiger charge is -2.12. The third-order valence-electron chi connectivity index (χ3n) is 3.03. The molecule has 2 aromatic carbocycles. The second-order valence-corrected chi connectivity index (χ2v) is 5.36. The number of carbonyl (C=O) groups excluding carboxylic acids is 1. The van der Waals surface area contributed by atoms with Crippen molar-refractivity contribution in [2.75, 3.05) is 13.7 Å². The molecule has 1 N–H and O–H groups in total. The Morgan fingerprint density at radius 3 is 2.78 bits per heavy atom. The number of halogens is 4. The predicted octanol–water partition coefficient (Wildman–Crippen LogP) is 3.62. The van der Waals surface area contributed by atoms with Gasteiger partial charge in [-0.05, 0) is 29.8 Å². The average molecular weight is 403 g/mol. The standard InChI is InChI=1S/C17H14ClF3N2O4/c1-25-14-6-10(5-13(18)16(14)27-17(20)21)8-22-23-15(24)9-26-12-4-2-3-11(19)7-12/h2-8,17H,9H2,1H3,(H,23,24)/b22-8-. The van der Waals surface area contributed by atoms with E-state index in [2.05, 4.69) is 15.3 Å². The normalized spacial score (nSPS) is 10.9. The van der Waals surface area contributed by atoms with Crippen LogP contribution in [0.15, 0.2) is 41.5 Å². The number of hydrazone groups is 1. The van der Waals surface area contributed by atoms with Crippen molar-refractivity contribution in [2.45, 2.75) is 6.61 Å². The van der Waals surface area contributed by atoms with Crippen LogP contribution in [-0.4, -0.2) is 32.4 Å². The van der Waals surface area contributed by atoms with Crippen LogP contribution < -0.4 is 19.6 Å². The third kappa shape index (κ3) is 6.37. The number of ether oxygens (including phenoxy) is 3. The Balaban J connectivity index is 1.95. The van der Waals surface area contributed by atoms with Crippen LogP contribution in [-0.2, 0) is 4.79 Å². The van der Waals surface area contributed by atoms with Gasteiger partial charge in [0.2, 0.25) is 0 Å². The van der Waals surface area contributed by atoms with Crippen molar-refractivity contribution >= 4 is 23.7 Å². The number of hydrogen-bond donors (Lipinski definition) is 1. The average Bonchev–Trinajstić information content (AvgIpc) is 2.61. The first-order valence-corrected chi connectivity index (χ1v) is 7.79. The lowest BCUT2D eigenvalue weighted by Crippen LogP contribution is -2.24. The Morgan fingerprint density at radius 2 is 2.11 bits per heavy atom. The maximum atomic E-state index is 13.0. The first-order chi connectivity index (χ1) is 12.9. The molecule has 0 radical (unpaired) electrons. The second kappa shape index (κ2) is 9.67. The molecule has 0 spiro atoms. The van der Waals surface area contributed by atoms with Gasteiger partial charge in [0, 0.05) is 6.07 Å². The monoisotopic (exact) mass is 402 g/mol. The van der Waals surface area contributed by atoms with E-state index in [0.29, 0.717) is 5.56 Å². The predicted molar refractivity (Wildman–Crippen MR) is 92.3 cm³/mol. The van der Waals surface area contributed by atoms with Crippen LogP contribution in [0.2, 0.25) is 5.02 Å². The summed E-state index contributed by atoms with van der Waals surface area (Å²) in [6.07, 6.45) is 1.22. The van der Waals surface area contributed by atoms with Crippen molar-refractivity contribution in [3.63, 3.8) is 0 Å². The molecule has 0 saturated carbocycles. The number of nitrogens with zero attached hydrogens (tertiary/aromatic N) is 1. The first-order valence-electron chi connectivity index (χ1n) is 7.41. The van der Waals surface area contributed by atoms with Crippen LogP contribution in [0.1, 0.15) is 5.56 Å². The number of hydrogen-bond acceptors (Lipinski definition) is 5. The van der Waals surface area contributed by atoms with E-state index >= 15 is 0 Å². The van der Waals surface area contributed by atoms with Gasteiger partial charge in [-0.3, -0.25) is 4.79 Å². The number of carbonyl (C=O) groups is 1. The fourth-order valence-corrected chi connectivity index (χ4v) is 2.20. The highest BCUT2D eigenvalue weighted by Crippen LogP contribution is 2.37. The minimum absolute atomic E-state index is 0.0231. The molecule has 144 valence electrons. The van der Waals surface area contributed by atoms with Gasteiger partial charge in [-0.2, -0.15) is 13.9 Å². The minimum atomic E-state index is -3.06. The molecule has 0 aromatic heterocycles. The minimum Gasteiger partial charge on any atom is -0.493 e. The largest absolute Gasteiger partial charge is 0.493 e. The molecule has 0 bridgehead atoms. The summed E-state index contributed by atoms with van der Waals surface area (Å²) < 4.78 is 52.1. The summed E-state index contributed by atoms with van der Waals surface area (Å²) in [4.78, 5) is 11.7. The maximum absolute atomic E-state index is 13.0. The van der Waals surface area contributed by atoms with Gasteiger partial charge in [0.15, 0.2) is 18.1 Å². The van der Waals surface area contributed by atoms with Crippen molar-refractivity contribution in [3.8, 4) is 17.2 Å². The van der Waals surface area contributed by atoms with Crippen molar-refractivity contribution in [1.82, 2.24) is 5.43 Å². The molecule has 2 rings (SSSR count). The topological polar surface area (TPSA) is 69.2 Å². The molecule has 1 amide bonds. The molecule has 0 aliphatic heterocycles. The zero-order valence-electron chi connectivity index (χ0n) is 13.9. The number of rotatable bonds is 8. The summed E-state index contributed by atoms with van der Waals surface area (Å²) in [6.45, 7) is -3.44. The molecule has 10 heteroatoms. The van der Waals surface area contributed by atoms with Crippen molar-refractivity contribution in [1.29, 1.82) is 0 Å². The van der Waals surface area contributed by atoms with Crippen molar-refractivity contribution in [3.05, 3.63) is 52.8 Å². The van der Waals surface area contributed by atoms with Gasteiger partial charge in [0.25, 0.3) is 5.91 Å². The van der Waals surface area contributed by atoms with Gasteiger partial charge >= 0.3 is 6.61 Å². The van der Waals surface area contributed by atoms with Crippen LogP contribution in [0.5, 0.6) is 17.2 Å². The summed E-state index contributed by atoms with van der Waals surface area (Å²) in [5.74, 6) is -1.22. The Kier molecular flexibility index (Phi) is 7.30. The molecule has 27 heavy (non-hydrogen) atoms. The molecule has 0 aliphatic rings. The third-order valence-corrected chi connectivity index (χ3v) is 3.31. The highest BCUT2D eigenvalue weighted by atomic mass is 35.5. The van der Waals surface area contributed by atoms with E-state index in [1.165, 1.54) is 43.7 Å². The van der Waals surface area contributed by atoms with Gasteiger partial charge < -0.3 is 14.2 Å². The molecule has 0 aliphatic carbocycles.